The van der Waals surface area contributed by atoms with Crippen molar-refractivity contribution in [1.29, 1.82) is 0 Å². The lowest BCUT2D eigenvalue weighted by molar-refractivity contribution is -0.136. The zero-order valence-corrected chi connectivity index (χ0v) is 22.8. The van der Waals surface area contributed by atoms with Gasteiger partial charge >= 0.3 is 0 Å². The van der Waals surface area contributed by atoms with Crippen molar-refractivity contribution in [3.63, 3.8) is 0 Å². The first-order valence-electron chi connectivity index (χ1n) is 13.5. The number of nitrogens with zero attached hydrogens (tertiary/aromatic N) is 4. The number of nitrogens with one attached hydrogen (secondary N) is 1. The van der Waals surface area contributed by atoms with E-state index in [1.54, 1.807) is 17.2 Å². The van der Waals surface area contributed by atoms with Crippen LogP contribution in [0.1, 0.15) is 49.5 Å². The van der Waals surface area contributed by atoms with Gasteiger partial charge < -0.3 is 20.2 Å². The molecule has 1 saturated heterocycles. The number of aromatic nitrogens is 2. The SMILES string of the molecule is CC1CN(c2cc(F)c(S(C)(=O)=O)cc2F)CCN1c1nccc(C(=O)NC2C3CC4CC2CC(O)(C4)C3)n1. The van der Waals surface area contributed by atoms with Gasteiger partial charge in [0.25, 0.3) is 5.91 Å². The maximum absolute atomic E-state index is 14.8. The largest absolute Gasteiger partial charge is 0.390 e. The fourth-order valence-corrected chi connectivity index (χ4v) is 8.30. The van der Waals surface area contributed by atoms with E-state index in [2.05, 4.69) is 15.3 Å². The smallest absolute Gasteiger partial charge is 0.270 e. The van der Waals surface area contributed by atoms with E-state index in [4.69, 9.17) is 0 Å². The van der Waals surface area contributed by atoms with Gasteiger partial charge in [0.1, 0.15) is 22.2 Å². The van der Waals surface area contributed by atoms with Gasteiger partial charge in [0.15, 0.2) is 9.84 Å². The Hall–Kier alpha value is -2.86. The molecule has 9 nitrogen and oxygen atoms in total. The second-order valence-electron chi connectivity index (χ2n) is 11.9. The predicted molar refractivity (Wildman–Crippen MR) is 140 cm³/mol. The molecule has 1 aliphatic heterocycles. The number of aliphatic hydroxyl groups is 1. The second-order valence-corrected chi connectivity index (χ2v) is 13.9. The monoisotopic (exact) mass is 561 g/mol. The van der Waals surface area contributed by atoms with Gasteiger partial charge in [-0.2, -0.15) is 0 Å². The highest BCUT2D eigenvalue weighted by atomic mass is 32.2. The second kappa shape index (κ2) is 9.36. The molecule has 1 aromatic carbocycles. The van der Waals surface area contributed by atoms with Crippen LogP contribution >= 0.6 is 0 Å². The minimum absolute atomic E-state index is 0.000716. The first kappa shape index (κ1) is 26.4. The van der Waals surface area contributed by atoms with E-state index in [0.717, 1.165) is 50.5 Å². The number of hydrogen-bond donors (Lipinski definition) is 2. The Balaban J connectivity index is 1.14. The van der Waals surface area contributed by atoms with Crippen LogP contribution in [0, 0.1) is 29.4 Å². The summed E-state index contributed by atoms with van der Waals surface area (Å²) in [6.07, 6.45) is 6.84. The van der Waals surface area contributed by atoms with Crippen LogP contribution in [0.25, 0.3) is 0 Å². The highest BCUT2D eigenvalue weighted by molar-refractivity contribution is 7.90. The zero-order valence-electron chi connectivity index (χ0n) is 22.0. The Labute approximate surface area is 226 Å². The molecule has 2 N–H and O–H groups in total. The highest BCUT2D eigenvalue weighted by Gasteiger charge is 2.55. The molecule has 12 heteroatoms. The van der Waals surface area contributed by atoms with E-state index >= 15 is 0 Å². The molecule has 3 atom stereocenters. The van der Waals surface area contributed by atoms with Gasteiger partial charge in [-0.05, 0) is 68.9 Å². The molecule has 0 spiro atoms. The molecule has 1 amide bonds. The number of anilines is 2. The lowest BCUT2D eigenvalue weighted by Gasteiger charge is -2.58. The average Bonchev–Trinajstić information content (AvgIpc) is 2.85. The first-order chi connectivity index (χ1) is 18.4. The number of sulfone groups is 1. The van der Waals surface area contributed by atoms with Gasteiger partial charge in [0.05, 0.1) is 11.3 Å². The van der Waals surface area contributed by atoms with Crippen molar-refractivity contribution in [3.8, 4) is 0 Å². The van der Waals surface area contributed by atoms with Crippen LogP contribution in [0.2, 0.25) is 0 Å². The van der Waals surface area contributed by atoms with E-state index in [0.29, 0.717) is 31.5 Å². The lowest BCUT2D eigenvalue weighted by Crippen LogP contribution is -2.61. The maximum Gasteiger partial charge on any atom is 0.270 e. The molecule has 3 unspecified atom stereocenters. The van der Waals surface area contributed by atoms with Crippen LogP contribution in [0.15, 0.2) is 29.3 Å². The van der Waals surface area contributed by atoms with E-state index < -0.39 is 32.0 Å². The van der Waals surface area contributed by atoms with Crippen molar-refractivity contribution in [1.82, 2.24) is 15.3 Å². The third kappa shape index (κ3) is 4.86. The number of halogens is 2. The number of amides is 1. The van der Waals surface area contributed by atoms with Crippen LogP contribution in [-0.2, 0) is 9.84 Å². The lowest BCUT2D eigenvalue weighted by atomic mass is 9.52. The minimum Gasteiger partial charge on any atom is -0.390 e. The third-order valence-corrected chi connectivity index (χ3v) is 10.2. The van der Waals surface area contributed by atoms with Crippen LogP contribution < -0.4 is 15.1 Å². The number of piperazine rings is 1. The molecule has 2 heterocycles. The van der Waals surface area contributed by atoms with E-state index in [1.807, 2.05) is 11.8 Å². The van der Waals surface area contributed by atoms with Gasteiger partial charge in [-0.3, -0.25) is 4.79 Å². The van der Waals surface area contributed by atoms with Crippen molar-refractivity contribution in [2.75, 3.05) is 35.7 Å². The Bertz CT molecular complexity index is 1410. The van der Waals surface area contributed by atoms with E-state index in [1.165, 1.54) is 0 Å². The summed E-state index contributed by atoms with van der Waals surface area (Å²) < 4.78 is 52.7. The minimum atomic E-state index is -3.89. The van der Waals surface area contributed by atoms with Crippen LogP contribution in [0.4, 0.5) is 20.4 Å². The molecule has 1 aromatic heterocycles. The first-order valence-corrected chi connectivity index (χ1v) is 15.4. The molecule has 39 heavy (non-hydrogen) atoms. The molecule has 5 aliphatic rings. The average molecular weight is 562 g/mol. The van der Waals surface area contributed by atoms with Crippen molar-refractivity contribution in [3.05, 3.63) is 41.7 Å². The maximum atomic E-state index is 14.8. The van der Waals surface area contributed by atoms with Crippen LogP contribution in [-0.4, -0.2) is 73.0 Å². The standard InChI is InChI=1S/C27H33F2N5O4S/c1-15-14-33(22-9-20(29)23(10-19(22)28)39(2,37)38)5-6-34(15)26-30-4-3-21(31-26)25(35)32-24-17-7-16-8-18(24)13-27(36,11-16)12-17/h3-4,9-10,15-18,24,36H,5-8,11-14H2,1-2H3,(H,32,35). The fourth-order valence-electron chi connectivity index (χ4n) is 7.57. The summed E-state index contributed by atoms with van der Waals surface area (Å²) in [5, 5.41) is 14.0. The summed E-state index contributed by atoms with van der Waals surface area (Å²) in [6.45, 7) is 2.95. The molecule has 7 rings (SSSR count). The quantitative estimate of drug-likeness (QED) is 0.573. The number of rotatable bonds is 5. The third-order valence-electron chi connectivity index (χ3n) is 9.04. The molecule has 210 valence electrons. The summed E-state index contributed by atoms with van der Waals surface area (Å²) in [5.41, 5.74) is -0.296. The normalized spacial score (nSPS) is 32.0. The molecule has 5 fully saturated rings. The number of carbonyl (C=O) groups excluding carboxylic acids is 1. The number of benzene rings is 1. The fraction of sp³-hybridized carbons (Fsp3) is 0.593. The zero-order chi connectivity index (χ0) is 27.7. The van der Waals surface area contributed by atoms with Gasteiger partial charge in [0.2, 0.25) is 5.95 Å². The highest BCUT2D eigenvalue weighted by Crippen LogP contribution is 2.55. The Kier molecular flexibility index (Phi) is 6.33. The molecule has 0 radical (unpaired) electrons. The Morgan fingerprint density at radius 1 is 1.13 bits per heavy atom. The summed E-state index contributed by atoms with van der Waals surface area (Å²) in [7, 11) is -3.89. The molecule has 4 saturated carbocycles. The molecule has 4 aliphatic carbocycles. The van der Waals surface area contributed by atoms with Crippen molar-refractivity contribution in [2.45, 2.75) is 61.6 Å². The van der Waals surface area contributed by atoms with Crippen molar-refractivity contribution >= 4 is 27.4 Å². The Morgan fingerprint density at radius 3 is 2.49 bits per heavy atom. The Morgan fingerprint density at radius 2 is 1.85 bits per heavy atom. The summed E-state index contributed by atoms with van der Waals surface area (Å²) in [4.78, 5) is 25.1. The van der Waals surface area contributed by atoms with Crippen LogP contribution in [0.3, 0.4) is 0 Å². The van der Waals surface area contributed by atoms with E-state index in [9.17, 15) is 27.1 Å². The molecule has 2 aromatic rings. The summed E-state index contributed by atoms with van der Waals surface area (Å²) in [6, 6.07) is 3.09. The molecular weight excluding hydrogens is 528 g/mol. The number of carbonyl (C=O) groups is 1. The van der Waals surface area contributed by atoms with Gasteiger partial charge in [-0.15, -0.1) is 0 Å². The van der Waals surface area contributed by atoms with E-state index in [-0.39, 0.29) is 41.2 Å². The number of hydrogen-bond acceptors (Lipinski definition) is 8. The predicted octanol–water partition coefficient (Wildman–Crippen LogP) is 2.54. The van der Waals surface area contributed by atoms with Crippen LogP contribution in [0.5, 0.6) is 0 Å². The summed E-state index contributed by atoms with van der Waals surface area (Å²) in [5.74, 6) is -0.531. The molecular formula is C27H33F2N5O4S. The summed E-state index contributed by atoms with van der Waals surface area (Å²) >= 11 is 0. The topological polar surface area (TPSA) is 116 Å². The van der Waals surface area contributed by atoms with Crippen molar-refractivity contribution in [2.24, 2.45) is 17.8 Å². The van der Waals surface area contributed by atoms with Gasteiger partial charge in [0, 0.05) is 50.2 Å². The molecule has 4 bridgehead atoms. The van der Waals surface area contributed by atoms with Gasteiger partial charge in [-0.1, -0.05) is 0 Å². The van der Waals surface area contributed by atoms with Crippen molar-refractivity contribution < 1.29 is 27.1 Å². The van der Waals surface area contributed by atoms with Gasteiger partial charge in [-0.25, -0.2) is 27.2 Å².